The molecule has 1 fully saturated rings. The lowest BCUT2D eigenvalue weighted by molar-refractivity contribution is -0.116. The van der Waals surface area contributed by atoms with Crippen LogP contribution in [0.15, 0.2) is 58.4 Å². The molecule has 0 saturated carbocycles. The van der Waals surface area contributed by atoms with Gasteiger partial charge in [-0.05, 0) is 82.7 Å². The summed E-state index contributed by atoms with van der Waals surface area (Å²) in [6, 6.07) is 12.3. The van der Waals surface area contributed by atoms with Gasteiger partial charge in [0.25, 0.3) is 5.91 Å². The van der Waals surface area contributed by atoms with E-state index in [-0.39, 0.29) is 11.4 Å². The zero-order valence-electron chi connectivity index (χ0n) is 16.6. The molecule has 3 rings (SSSR count). The third-order valence-electron chi connectivity index (χ3n) is 4.48. The summed E-state index contributed by atoms with van der Waals surface area (Å²) in [5.41, 5.74) is 4.06. The van der Waals surface area contributed by atoms with Crippen molar-refractivity contribution in [2.45, 2.75) is 32.2 Å². The quantitative estimate of drug-likeness (QED) is 0.379. The number of benzene rings is 2. The van der Waals surface area contributed by atoms with Crippen LogP contribution in [0.4, 0.5) is 5.69 Å². The lowest BCUT2D eigenvalue weighted by Crippen LogP contribution is -2.30. The maximum atomic E-state index is 12.5. The van der Waals surface area contributed by atoms with Crippen LogP contribution in [0.25, 0.3) is 6.08 Å². The molecule has 6 heteroatoms. The molecular formula is C23H25BrN2O2S. The molecule has 2 N–H and O–H groups in total. The molecule has 0 aromatic heterocycles. The number of aryl methyl sites for hydroxylation is 1. The van der Waals surface area contributed by atoms with E-state index in [0.29, 0.717) is 17.9 Å². The second kappa shape index (κ2) is 10.0. The minimum atomic E-state index is -0.194. The van der Waals surface area contributed by atoms with Crippen molar-refractivity contribution in [1.29, 1.82) is 0 Å². The Morgan fingerprint density at radius 1 is 1.28 bits per heavy atom. The molecule has 0 spiro atoms. The van der Waals surface area contributed by atoms with E-state index in [1.54, 1.807) is 0 Å². The van der Waals surface area contributed by atoms with E-state index in [1.165, 1.54) is 17.3 Å². The Labute approximate surface area is 184 Å². The molecule has 152 valence electrons. The lowest BCUT2D eigenvalue weighted by atomic mass is 10.1. The van der Waals surface area contributed by atoms with Gasteiger partial charge in [-0.15, -0.1) is 6.58 Å². The zero-order chi connectivity index (χ0) is 20.8. The highest BCUT2D eigenvalue weighted by Crippen LogP contribution is 2.35. The molecule has 1 heterocycles. The topological polar surface area (TPSA) is 50.4 Å². The molecular weight excluding hydrogens is 448 g/mol. The van der Waals surface area contributed by atoms with Crippen LogP contribution in [-0.2, 0) is 17.6 Å². The van der Waals surface area contributed by atoms with Gasteiger partial charge in [0, 0.05) is 5.69 Å². The molecule has 29 heavy (non-hydrogen) atoms. The monoisotopic (exact) mass is 472 g/mol. The Bertz CT molecular complexity index is 925. The van der Waals surface area contributed by atoms with E-state index < -0.39 is 0 Å². The number of allylic oxidation sites excluding steroid dienone is 1. The standard InChI is InChI=1S/C23H25BrN2O2S/c1-4-7-17-12-16(13-19(24)21(17)28-6-3)14-20-22(27)26-23(29-20)25-18-10-8-15(5-2)9-11-18/h4,8-14,23,25H,1,5-7H2,2-3H3,(H,26,27)/b20-14-/t23-/m0/s1. The molecule has 4 nitrogen and oxygen atoms in total. The van der Waals surface area contributed by atoms with Crippen molar-refractivity contribution in [2.24, 2.45) is 0 Å². The maximum Gasteiger partial charge on any atom is 0.260 e. The van der Waals surface area contributed by atoms with Crippen LogP contribution >= 0.6 is 27.7 Å². The van der Waals surface area contributed by atoms with Gasteiger partial charge in [-0.3, -0.25) is 4.79 Å². The van der Waals surface area contributed by atoms with E-state index in [2.05, 4.69) is 52.2 Å². The third-order valence-corrected chi connectivity index (χ3v) is 6.10. The number of nitrogens with one attached hydrogen (secondary N) is 2. The number of carbonyl (C=O) groups excluding carboxylic acids is 1. The Hall–Kier alpha value is -2.18. The van der Waals surface area contributed by atoms with Crippen LogP contribution in [0, 0.1) is 0 Å². The first kappa shape index (κ1) is 21.5. The Morgan fingerprint density at radius 2 is 2.03 bits per heavy atom. The van der Waals surface area contributed by atoms with Gasteiger partial charge in [0.05, 0.1) is 16.0 Å². The fraction of sp³-hybridized carbons (Fsp3) is 0.261. The molecule has 0 bridgehead atoms. The van der Waals surface area contributed by atoms with Crippen molar-refractivity contribution in [1.82, 2.24) is 5.32 Å². The van der Waals surface area contributed by atoms with Gasteiger partial charge in [-0.2, -0.15) is 0 Å². The molecule has 1 atom stereocenters. The van der Waals surface area contributed by atoms with Crippen molar-refractivity contribution in [2.75, 3.05) is 11.9 Å². The second-order valence-corrected chi connectivity index (χ2v) is 8.59. The van der Waals surface area contributed by atoms with Crippen molar-refractivity contribution in [3.8, 4) is 5.75 Å². The van der Waals surface area contributed by atoms with Crippen LogP contribution in [0.5, 0.6) is 5.75 Å². The summed E-state index contributed by atoms with van der Waals surface area (Å²) in [6.07, 6.45) is 5.47. The highest BCUT2D eigenvalue weighted by molar-refractivity contribution is 9.10. The van der Waals surface area contributed by atoms with Gasteiger partial charge < -0.3 is 15.4 Å². The predicted molar refractivity (Wildman–Crippen MR) is 126 cm³/mol. The summed E-state index contributed by atoms with van der Waals surface area (Å²) < 4.78 is 6.63. The molecule has 0 radical (unpaired) electrons. The van der Waals surface area contributed by atoms with E-state index in [9.17, 15) is 4.79 Å². The summed E-state index contributed by atoms with van der Waals surface area (Å²) in [4.78, 5) is 13.1. The number of carbonyl (C=O) groups is 1. The molecule has 1 aliphatic heterocycles. The summed E-state index contributed by atoms with van der Waals surface area (Å²) >= 11 is 5.07. The van der Waals surface area contributed by atoms with Crippen molar-refractivity contribution in [3.63, 3.8) is 0 Å². The fourth-order valence-corrected chi connectivity index (χ4v) is 4.69. The SMILES string of the molecule is C=CCc1cc(/C=C2\S[C@@H](Nc3ccc(CC)cc3)NC2=O)cc(Br)c1OCC. The minimum Gasteiger partial charge on any atom is -0.492 e. The lowest BCUT2D eigenvalue weighted by Gasteiger charge is -2.13. The summed E-state index contributed by atoms with van der Waals surface area (Å²) in [5.74, 6) is 0.751. The zero-order valence-corrected chi connectivity index (χ0v) is 19.0. The van der Waals surface area contributed by atoms with Gasteiger partial charge >= 0.3 is 0 Å². The number of thioether (sulfide) groups is 1. The summed E-state index contributed by atoms with van der Waals surface area (Å²) in [7, 11) is 0. The van der Waals surface area contributed by atoms with Crippen LogP contribution in [-0.4, -0.2) is 18.0 Å². The first-order chi connectivity index (χ1) is 14.0. The molecule has 1 saturated heterocycles. The number of rotatable bonds is 8. The van der Waals surface area contributed by atoms with Gasteiger partial charge in [-0.1, -0.05) is 36.9 Å². The first-order valence-corrected chi connectivity index (χ1v) is 11.3. The van der Waals surface area contributed by atoms with Crippen LogP contribution in [0.3, 0.4) is 0 Å². The Morgan fingerprint density at radius 3 is 2.69 bits per heavy atom. The van der Waals surface area contributed by atoms with Gasteiger partial charge in [0.2, 0.25) is 0 Å². The number of hydrogen-bond donors (Lipinski definition) is 2. The summed E-state index contributed by atoms with van der Waals surface area (Å²) in [5, 5.41) is 6.33. The smallest absolute Gasteiger partial charge is 0.260 e. The largest absolute Gasteiger partial charge is 0.492 e. The number of anilines is 1. The highest BCUT2D eigenvalue weighted by atomic mass is 79.9. The number of halogens is 1. The number of amides is 1. The van der Waals surface area contributed by atoms with Crippen LogP contribution < -0.4 is 15.4 Å². The molecule has 1 aliphatic rings. The molecule has 0 unspecified atom stereocenters. The van der Waals surface area contributed by atoms with E-state index in [4.69, 9.17) is 4.74 Å². The van der Waals surface area contributed by atoms with E-state index in [0.717, 1.165) is 33.5 Å². The van der Waals surface area contributed by atoms with Crippen LogP contribution in [0.1, 0.15) is 30.5 Å². The number of ether oxygens (including phenoxy) is 1. The molecule has 2 aromatic carbocycles. The Kier molecular flexibility index (Phi) is 7.45. The van der Waals surface area contributed by atoms with Crippen molar-refractivity contribution >= 4 is 45.4 Å². The molecule has 1 amide bonds. The Balaban J connectivity index is 1.77. The van der Waals surface area contributed by atoms with Gasteiger partial charge in [0.15, 0.2) is 5.50 Å². The van der Waals surface area contributed by atoms with E-state index in [1.807, 2.05) is 43.3 Å². The van der Waals surface area contributed by atoms with Crippen LogP contribution in [0.2, 0.25) is 0 Å². The number of hydrogen-bond acceptors (Lipinski definition) is 4. The third kappa shape index (κ3) is 5.46. The van der Waals surface area contributed by atoms with Crippen molar-refractivity contribution < 1.29 is 9.53 Å². The van der Waals surface area contributed by atoms with Gasteiger partial charge in [-0.25, -0.2) is 0 Å². The normalized spacial score (nSPS) is 17.3. The van der Waals surface area contributed by atoms with Crippen molar-refractivity contribution in [3.05, 3.63) is 75.1 Å². The van der Waals surface area contributed by atoms with E-state index >= 15 is 0 Å². The molecule has 2 aromatic rings. The summed E-state index contributed by atoms with van der Waals surface area (Å²) in [6.45, 7) is 8.51. The average Bonchev–Trinajstić information content (AvgIpc) is 3.04. The second-order valence-electron chi connectivity index (χ2n) is 6.59. The minimum absolute atomic E-state index is 0.0760. The molecule has 0 aliphatic carbocycles. The first-order valence-electron chi connectivity index (χ1n) is 9.64. The maximum absolute atomic E-state index is 12.5. The fourth-order valence-electron chi connectivity index (χ4n) is 3.07. The average molecular weight is 473 g/mol. The predicted octanol–water partition coefficient (Wildman–Crippen LogP) is 5.74. The highest BCUT2D eigenvalue weighted by Gasteiger charge is 2.27. The van der Waals surface area contributed by atoms with Gasteiger partial charge in [0.1, 0.15) is 5.75 Å².